The van der Waals surface area contributed by atoms with Crippen molar-refractivity contribution in [2.24, 2.45) is 0 Å². The number of aliphatic hydroxyl groups excluding tert-OH is 1. The first-order chi connectivity index (χ1) is 6.82. The second kappa shape index (κ2) is 3.47. The van der Waals surface area contributed by atoms with E-state index in [0.717, 1.165) is 19.3 Å². The molecular weight excluding hydrogens is 191 g/mol. The molecule has 0 aromatic heterocycles. The lowest BCUT2D eigenvalue weighted by molar-refractivity contribution is 0.00578. The van der Waals surface area contributed by atoms with Crippen LogP contribution in [0.4, 0.5) is 0 Å². The molecule has 1 N–H and O–H groups in total. The minimum absolute atomic E-state index is 0.132. The molecule has 4 heteroatoms. The van der Waals surface area contributed by atoms with Gasteiger partial charge in [0.15, 0.2) is 0 Å². The first-order valence-electron chi connectivity index (χ1n) is 5.85. The highest BCUT2D eigenvalue weighted by atomic mass is 16.7. The SMILES string of the molecule is CC1(C)OB(C2CCC(O)C2)OC1(C)C. The molecule has 1 heterocycles. The van der Waals surface area contributed by atoms with Crippen molar-refractivity contribution in [2.45, 2.75) is 70.1 Å². The maximum absolute atomic E-state index is 9.51. The molecule has 0 aromatic rings. The maximum Gasteiger partial charge on any atom is 0.461 e. The Morgan fingerprint density at radius 2 is 1.60 bits per heavy atom. The molecule has 15 heavy (non-hydrogen) atoms. The summed E-state index contributed by atoms with van der Waals surface area (Å²) in [5, 5.41) is 9.51. The Bertz CT molecular complexity index is 236. The molecular formula is C11H21BO3. The summed E-state index contributed by atoms with van der Waals surface area (Å²) in [6.45, 7) is 8.27. The lowest BCUT2D eigenvalue weighted by Crippen LogP contribution is -2.41. The molecule has 2 aliphatic rings. The molecule has 86 valence electrons. The van der Waals surface area contributed by atoms with E-state index < -0.39 is 0 Å². The summed E-state index contributed by atoms with van der Waals surface area (Å²) in [4.78, 5) is 0. The fourth-order valence-electron chi connectivity index (χ4n) is 2.32. The summed E-state index contributed by atoms with van der Waals surface area (Å²) in [5.41, 5.74) is -0.490. The molecule has 2 atom stereocenters. The van der Waals surface area contributed by atoms with Crippen LogP contribution in [0.3, 0.4) is 0 Å². The van der Waals surface area contributed by atoms with E-state index in [2.05, 4.69) is 27.7 Å². The minimum atomic E-state index is -0.245. The van der Waals surface area contributed by atoms with Gasteiger partial charge >= 0.3 is 7.12 Å². The van der Waals surface area contributed by atoms with Crippen molar-refractivity contribution in [1.29, 1.82) is 0 Å². The second-order valence-electron chi connectivity index (χ2n) is 5.85. The highest BCUT2D eigenvalue weighted by molar-refractivity contribution is 6.47. The molecule has 2 rings (SSSR count). The Morgan fingerprint density at radius 1 is 1.07 bits per heavy atom. The van der Waals surface area contributed by atoms with Gasteiger partial charge in [0.05, 0.1) is 17.3 Å². The van der Waals surface area contributed by atoms with Crippen LogP contribution in [0.25, 0.3) is 0 Å². The number of hydrogen-bond acceptors (Lipinski definition) is 3. The molecule has 1 aliphatic carbocycles. The molecule has 2 fully saturated rings. The van der Waals surface area contributed by atoms with E-state index in [1.54, 1.807) is 0 Å². The van der Waals surface area contributed by atoms with E-state index in [-0.39, 0.29) is 24.4 Å². The Kier molecular flexibility index (Phi) is 2.65. The fraction of sp³-hybridized carbons (Fsp3) is 1.00. The van der Waals surface area contributed by atoms with Crippen molar-refractivity contribution in [3.8, 4) is 0 Å². The van der Waals surface area contributed by atoms with Gasteiger partial charge in [-0.3, -0.25) is 0 Å². The molecule has 2 unspecified atom stereocenters. The molecule has 0 spiro atoms. The summed E-state index contributed by atoms with van der Waals surface area (Å²) in [6.07, 6.45) is 2.55. The lowest BCUT2D eigenvalue weighted by atomic mass is 9.71. The quantitative estimate of drug-likeness (QED) is 0.675. The second-order valence-corrected chi connectivity index (χ2v) is 5.85. The summed E-state index contributed by atoms with van der Waals surface area (Å²) >= 11 is 0. The van der Waals surface area contributed by atoms with Gasteiger partial charge in [-0.1, -0.05) is 0 Å². The summed E-state index contributed by atoms with van der Waals surface area (Å²) in [5.74, 6) is 0.362. The molecule has 0 bridgehead atoms. The first kappa shape index (κ1) is 11.4. The summed E-state index contributed by atoms with van der Waals surface area (Å²) in [6, 6.07) is 0. The monoisotopic (exact) mass is 212 g/mol. The number of aliphatic hydroxyl groups is 1. The van der Waals surface area contributed by atoms with E-state index in [9.17, 15) is 5.11 Å². The van der Waals surface area contributed by atoms with Gasteiger partial charge in [0.25, 0.3) is 0 Å². The topological polar surface area (TPSA) is 38.7 Å². The van der Waals surface area contributed by atoms with Gasteiger partial charge in [0.2, 0.25) is 0 Å². The number of rotatable bonds is 1. The first-order valence-corrected chi connectivity index (χ1v) is 5.85. The van der Waals surface area contributed by atoms with E-state index in [4.69, 9.17) is 9.31 Å². The molecule has 0 amide bonds. The van der Waals surface area contributed by atoms with Crippen molar-refractivity contribution >= 4 is 7.12 Å². The zero-order valence-electron chi connectivity index (χ0n) is 10.1. The van der Waals surface area contributed by atoms with Gasteiger partial charge in [-0.15, -0.1) is 0 Å². The van der Waals surface area contributed by atoms with Gasteiger partial charge in [0.1, 0.15) is 0 Å². The molecule has 1 saturated carbocycles. The van der Waals surface area contributed by atoms with E-state index in [0.29, 0.717) is 5.82 Å². The van der Waals surface area contributed by atoms with Gasteiger partial charge in [-0.25, -0.2) is 0 Å². The van der Waals surface area contributed by atoms with E-state index in [1.165, 1.54) is 0 Å². The molecule has 3 nitrogen and oxygen atoms in total. The van der Waals surface area contributed by atoms with Crippen molar-refractivity contribution in [2.75, 3.05) is 0 Å². The highest BCUT2D eigenvalue weighted by Gasteiger charge is 2.54. The third kappa shape index (κ3) is 1.95. The van der Waals surface area contributed by atoms with E-state index in [1.807, 2.05) is 0 Å². The van der Waals surface area contributed by atoms with Crippen LogP contribution < -0.4 is 0 Å². The average molecular weight is 212 g/mol. The number of hydrogen-bond donors (Lipinski definition) is 1. The summed E-state index contributed by atoms with van der Waals surface area (Å²) < 4.78 is 11.9. The average Bonchev–Trinajstić information content (AvgIpc) is 2.56. The third-order valence-corrected chi connectivity index (χ3v) is 4.10. The van der Waals surface area contributed by atoms with Crippen LogP contribution in [0.1, 0.15) is 47.0 Å². The maximum atomic E-state index is 9.51. The van der Waals surface area contributed by atoms with Gasteiger partial charge in [0, 0.05) is 0 Å². The normalized spacial score (nSPS) is 38.6. The Hall–Kier alpha value is -0.0551. The predicted octanol–water partition coefficient (Wildman–Crippen LogP) is 1.99. The standard InChI is InChI=1S/C11H21BO3/c1-10(2)11(3,4)15-12(14-10)8-5-6-9(13)7-8/h8-9,13H,5-7H2,1-4H3. The van der Waals surface area contributed by atoms with Crippen LogP contribution in [0.5, 0.6) is 0 Å². The Balaban J connectivity index is 2.03. The van der Waals surface area contributed by atoms with Crippen LogP contribution in [0, 0.1) is 0 Å². The van der Waals surface area contributed by atoms with Crippen molar-refractivity contribution in [3.63, 3.8) is 0 Å². The van der Waals surface area contributed by atoms with Crippen LogP contribution in [0.15, 0.2) is 0 Å². The van der Waals surface area contributed by atoms with Crippen LogP contribution >= 0.6 is 0 Å². The smallest absolute Gasteiger partial charge is 0.403 e. The van der Waals surface area contributed by atoms with Crippen molar-refractivity contribution in [1.82, 2.24) is 0 Å². The Labute approximate surface area is 92.3 Å². The zero-order chi connectivity index (χ0) is 11.3. The lowest BCUT2D eigenvalue weighted by Gasteiger charge is -2.32. The third-order valence-electron chi connectivity index (χ3n) is 4.10. The minimum Gasteiger partial charge on any atom is -0.403 e. The molecule has 0 aromatic carbocycles. The fourth-order valence-corrected chi connectivity index (χ4v) is 2.32. The van der Waals surface area contributed by atoms with Gasteiger partial charge < -0.3 is 14.4 Å². The Morgan fingerprint density at radius 3 is 2.00 bits per heavy atom. The molecule has 0 radical (unpaired) electrons. The van der Waals surface area contributed by atoms with E-state index >= 15 is 0 Å². The van der Waals surface area contributed by atoms with Gasteiger partial charge in [-0.2, -0.15) is 0 Å². The van der Waals surface area contributed by atoms with Crippen LogP contribution in [0.2, 0.25) is 5.82 Å². The largest absolute Gasteiger partial charge is 0.461 e. The molecule has 1 saturated heterocycles. The predicted molar refractivity (Wildman–Crippen MR) is 59.7 cm³/mol. The zero-order valence-corrected chi connectivity index (χ0v) is 10.1. The van der Waals surface area contributed by atoms with Crippen molar-refractivity contribution < 1.29 is 14.4 Å². The van der Waals surface area contributed by atoms with Crippen LogP contribution in [-0.4, -0.2) is 29.5 Å². The molecule has 1 aliphatic heterocycles. The summed E-state index contributed by atoms with van der Waals surface area (Å²) in [7, 11) is -0.132. The van der Waals surface area contributed by atoms with Crippen LogP contribution in [-0.2, 0) is 9.31 Å². The van der Waals surface area contributed by atoms with Crippen molar-refractivity contribution in [3.05, 3.63) is 0 Å². The highest BCUT2D eigenvalue weighted by Crippen LogP contribution is 2.44. The van der Waals surface area contributed by atoms with Gasteiger partial charge in [-0.05, 0) is 52.8 Å².